The van der Waals surface area contributed by atoms with Gasteiger partial charge in [-0.15, -0.1) is 0 Å². The lowest BCUT2D eigenvalue weighted by Gasteiger charge is -2.25. The number of nitrogens with zero attached hydrogens (tertiary/aromatic N) is 2. The molecular formula is C14H16BrFN2O. The van der Waals surface area contributed by atoms with Crippen LogP contribution in [0.25, 0.3) is 0 Å². The van der Waals surface area contributed by atoms with Crippen LogP contribution >= 0.6 is 15.9 Å². The molecule has 1 aromatic carbocycles. The molecule has 2 rings (SSSR count). The third-order valence-corrected chi connectivity index (χ3v) is 3.68. The first-order valence-electron chi connectivity index (χ1n) is 6.17. The summed E-state index contributed by atoms with van der Waals surface area (Å²) in [6.45, 7) is 4.46. The van der Waals surface area contributed by atoms with Crippen LogP contribution in [0, 0.1) is 5.82 Å². The minimum Gasteiger partial charge on any atom is -0.379 e. The van der Waals surface area contributed by atoms with Crippen molar-refractivity contribution in [3.63, 3.8) is 0 Å². The topological polar surface area (TPSA) is 38.0 Å². The van der Waals surface area contributed by atoms with Crippen LogP contribution in [0.5, 0.6) is 0 Å². The van der Waals surface area contributed by atoms with Crippen LogP contribution in [0.3, 0.4) is 0 Å². The fraction of sp³-hybridized carbons (Fsp3) is 0.357. The molecule has 2 aromatic rings. The smallest absolute Gasteiger partial charge is 0.129 e. The molecule has 0 saturated heterocycles. The van der Waals surface area contributed by atoms with Gasteiger partial charge in [-0.2, -0.15) is 5.10 Å². The Morgan fingerprint density at radius 2 is 2.00 bits per heavy atom. The maximum absolute atomic E-state index is 13.0. The van der Waals surface area contributed by atoms with Crippen molar-refractivity contribution in [1.82, 2.24) is 9.78 Å². The Labute approximate surface area is 120 Å². The molecule has 19 heavy (non-hydrogen) atoms. The number of aliphatic hydroxyl groups is 1. The van der Waals surface area contributed by atoms with Gasteiger partial charge in [0, 0.05) is 6.54 Å². The van der Waals surface area contributed by atoms with Gasteiger partial charge in [0.25, 0.3) is 0 Å². The van der Waals surface area contributed by atoms with E-state index in [-0.39, 0.29) is 5.82 Å². The van der Waals surface area contributed by atoms with E-state index in [1.807, 2.05) is 6.92 Å². The van der Waals surface area contributed by atoms with Crippen LogP contribution in [0.2, 0.25) is 0 Å². The molecule has 0 aliphatic heterocycles. The normalized spacial score (nSPS) is 14.4. The Bertz CT molecular complexity index is 563. The van der Waals surface area contributed by atoms with Crippen LogP contribution in [0.1, 0.15) is 31.5 Å². The lowest BCUT2D eigenvalue weighted by molar-refractivity contribution is 0.0905. The molecule has 0 fully saturated rings. The van der Waals surface area contributed by atoms with Gasteiger partial charge in [0.1, 0.15) is 11.4 Å². The first-order valence-corrected chi connectivity index (χ1v) is 6.96. The zero-order valence-corrected chi connectivity index (χ0v) is 12.5. The van der Waals surface area contributed by atoms with Crippen molar-refractivity contribution in [3.8, 4) is 0 Å². The number of hydrogen-bond acceptors (Lipinski definition) is 2. The minimum atomic E-state index is -1.22. The van der Waals surface area contributed by atoms with E-state index in [0.29, 0.717) is 11.3 Å². The second-order valence-corrected chi connectivity index (χ2v) is 5.50. The predicted octanol–water partition coefficient (Wildman–Crippen LogP) is 3.45. The summed E-state index contributed by atoms with van der Waals surface area (Å²) in [5.41, 5.74) is 0.0893. The average molecular weight is 327 g/mol. The van der Waals surface area contributed by atoms with Crippen molar-refractivity contribution < 1.29 is 9.50 Å². The largest absolute Gasteiger partial charge is 0.379 e. The summed E-state index contributed by atoms with van der Waals surface area (Å²) in [7, 11) is 0. The predicted molar refractivity (Wildman–Crippen MR) is 75.3 cm³/mol. The standard InChI is InChI=1S/C14H16BrFN2O/c1-3-8-18-13(12(15)9-17-18)14(2,19)10-4-6-11(16)7-5-10/h4-7,9,19H,3,8H2,1-2H3. The number of rotatable bonds is 4. The molecule has 0 radical (unpaired) electrons. The summed E-state index contributed by atoms with van der Waals surface area (Å²) in [4.78, 5) is 0. The van der Waals surface area contributed by atoms with E-state index in [0.717, 1.165) is 17.4 Å². The van der Waals surface area contributed by atoms with E-state index >= 15 is 0 Å². The molecule has 0 aliphatic rings. The van der Waals surface area contributed by atoms with Crippen LogP contribution in [0.15, 0.2) is 34.9 Å². The molecule has 1 unspecified atom stereocenters. The molecule has 0 bridgehead atoms. The molecule has 5 heteroatoms. The second kappa shape index (κ2) is 5.43. The summed E-state index contributed by atoms with van der Waals surface area (Å²) in [5.74, 6) is -0.319. The lowest BCUT2D eigenvalue weighted by Crippen LogP contribution is -2.27. The van der Waals surface area contributed by atoms with Crippen molar-refractivity contribution in [3.05, 3.63) is 52.0 Å². The second-order valence-electron chi connectivity index (χ2n) is 4.64. The van der Waals surface area contributed by atoms with Crippen molar-refractivity contribution in [1.29, 1.82) is 0 Å². The van der Waals surface area contributed by atoms with Gasteiger partial charge in [0.2, 0.25) is 0 Å². The van der Waals surface area contributed by atoms with Gasteiger partial charge in [-0.05, 0) is 47.0 Å². The fourth-order valence-corrected chi connectivity index (χ4v) is 2.82. The highest BCUT2D eigenvalue weighted by Gasteiger charge is 2.32. The summed E-state index contributed by atoms with van der Waals surface area (Å²) in [5, 5.41) is 15.1. The molecule has 0 spiro atoms. The Morgan fingerprint density at radius 1 is 1.37 bits per heavy atom. The van der Waals surface area contributed by atoms with Crippen molar-refractivity contribution in [2.24, 2.45) is 0 Å². The van der Waals surface area contributed by atoms with Gasteiger partial charge in [-0.1, -0.05) is 19.1 Å². The number of aromatic nitrogens is 2. The molecule has 0 amide bonds. The van der Waals surface area contributed by atoms with E-state index in [1.54, 1.807) is 29.9 Å². The molecule has 102 valence electrons. The minimum absolute atomic E-state index is 0.319. The lowest BCUT2D eigenvalue weighted by atomic mass is 9.92. The van der Waals surface area contributed by atoms with Crippen LogP contribution in [-0.2, 0) is 12.1 Å². The first kappa shape index (κ1) is 14.2. The summed E-state index contributed by atoms with van der Waals surface area (Å²) in [6, 6.07) is 5.87. The number of hydrogen-bond donors (Lipinski definition) is 1. The summed E-state index contributed by atoms with van der Waals surface area (Å²) in [6.07, 6.45) is 2.59. The Hall–Kier alpha value is -1.20. The highest BCUT2D eigenvalue weighted by atomic mass is 79.9. The molecule has 1 atom stereocenters. The molecule has 0 saturated carbocycles. The zero-order chi connectivity index (χ0) is 14.0. The van der Waals surface area contributed by atoms with Crippen molar-refractivity contribution >= 4 is 15.9 Å². The Balaban J connectivity index is 2.49. The fourth-order valence-electron chi connectivity index (χ4n) is 2.14. The van der Waals surface area contributed by atoms with E-state index < -0.39 is 5.60 Å². The number of halogens is 2. The molecule has 1 aromatic heterocycles. The Kier molecular flexibility index (Phi) is 4.06. The first-order chi connectivity index (χ1) is 8.96. The van der Waals surface area contributed by atoms with Gasteiger partial charge in [0.15, 0.2) is 0 Å². The third kappa shape index (κ3) is 2.72. The zero-order valence-electron chi connectivity index (χ0n) is 10.9. The van der Waals surface area contributed by atoms with Gasteiger partial charge in [-0.25, -0.2) is 4.39 Å². The summed E-state index contributed by atoms with van der Waals surface area (Å²) < 4.78 is 15.5. The highest BCUT2D eigenvalue weighted by Crippen LogP contribution is 2.34. The SMILES string of the molecule is CCCn1ncc(Br)c1C(C)(O)c1ccc(F)cc1. The molecule has 1 N–H and O–H groups in total. The van der Waals surface area contributed by atoms with Crippen molar-refractivity contribution in [2.75, 3.05) is 0 Å². The van der Waals surface area contributed by atoms with Crippen LogP contribution in [-0.4, -0.2) is 14.9 Å². The van der Waals surface area contributed by atoms with Crippen LogP contribution in [0.4, 0.5) is 4.39 Å². The van der Waals surface area contributed by atoms with E-state index in [1.165, 1.54) is 12.1 Å². The number of benzene rings is 1. The van der Waals surface area contributed by atoms with Crippen LogP contribution < -0.4 is 0 Å². The average Bonchev–Trinajstić information content (AvgIpc) is 2.72. The third-order valence-electron chi connectivity index (χ3n) is 3.10. The molecule has 0 aliphatic carbocycles. The van der Waals surface area contributed by atoms with E-state index in [2.05, 4.69) is 21.0 Å². The maximum atomic E-state index is 13.0. The van der Waals surface area contributed by atoms with Crippen molar-refractivity contribution in [2.45, 2.75) is 32.4 Å². The molecular weight excluding hydrogens is 311 g/mol. The van der Waals surface area contributed by atoms with E-state index in [4.69, 9.17) is 0 Å². The van der Waals surface area contributed by atoms with Gasteiger partial charge in [0.05, 0.1) is 16.4 Å². The van der Waals surface area contributed by atoms with Gasteiger partial charge >= 0.3 is 0 Å². The number of aryl methyl sites for hydroxylation is 1. The van der Waals surface area contributed by atoms with E-state index in [9.17, 15) is 9.50 Å². The Morgan fingerprint density at radius 3 is 2.58 bits per heavy atom. The monoisotopic (exact) mass is 326 g/mol. The van der Waals surface area contributed by atoms with Gasteiger partial charge < -0.3 is 5.11 Å². The molecule has 1 heterocycles. The summed E-state index contributed by atoms with van der Waals surface area (Å²) >= 11 is 3.42. The quantitative estimate of drug-likeness (QED) is 0.934. The highest BCUT2D eigenvalue weighted by molar-refractivity contribution is 9.10. The maximum Gasteiger partial charge on any atom is 0.129 e. The molecule has 3 nitrogen and oxygen atoms in total. The van der Waals surface area contributed by atoms with Gasteiger partial charge in [-0.3, -0.25) is 4.68 Å².